The molecule has 0 atom stereocenters. The van der Waals surface area contributed by atoms with Crippen LogP contribution in [0.5, 0.6) is 0 Å². The van der Waals surface area contributed by atoms with Crippen molar-refractivity contribution in [2.45, 2.75) is 25.4 Å². The van der Waals surface area contributed by atoms with Gasteiger partial charge in [-0.1, -0.05) is 12.1 Å². The van der Waals surface area contributed by atoms with E-state index in [1.807, 2.05) is 12.1 Å². The first-order chi connectivity index (χ1) is 9.76. The number of nitrogen functional groups attached to an aromatic ring is 1. The molecule has 20 heavy (non-hydrogen) atoms. The molecule has 2 aliphatic rings. The number of hydrogen-bond acceptors (Lipinski definition) is 4. The minimum Gasteiger partial charge on any atom is -0.298 e. The molecule has 0 unspecified atom stereocenters. The van der Waals surface area contributed by atoms with Crippen LogP contribution in [0.15, 0.2) is 24.3 Å². The summed E-state index contributed by atoms with van der Waals surface area (Å²) in [5.41, 5.74) is 3.98. The molecule has 1 heterocycles. The molecule has 5 nitrogen and oxygen atoms in total. The quantitative estimate of drug-likeness (QED) is 0.479. The number of nitrogens with one attached hydrogen (secondary N) is 1. The number of carbonyl (C=O) groups is 1. The van der Waals surface area contributed by atoms with Crippen molar-refractivity contribution < 1.29 is 4.79 Å². The Balaban J connectivity index is 1.56. The van der Waals surface area contributed by atoms with E-state index >= 15 is 0 Å². The van der Waals surface area contributed by atoms with Crippen molar-refractivity contribution in [3.05, 3.63) is 35.4 Å². The predicted molar refractivity (Wildman–Crippen MR) is 78.0 cm³/mol. The van der Waals surface area contributed by atoms with Gasteiger partial charge in [-0.2, -0.15) is 0 Å². The largest absolute Gasteiger partial charge is 0.298 e. The van der Waals surface area contributed by atoms with Crippen molar-refractivity contribution in [1.29, 1.82) is 0 Å². The van der Waals surface area contributed by atoms with Gasteiger partial charge < -0.3 is 0 Å². The summed E-state index contributed by atoms with van der Waals surface area (Å²) in [6.07, 6.45) is 2.77. The SMILES string of the molecule is NNC(=O)c1cccc(CN2CCN(C3CC3)CC2)c1. The van der Waals surface area contributed by atoms with E-state index in [1.54, 1.807) is 6.07 Å². The Morgan fingerprint density at radius 3 is 2.65 bits per heavy atom. The first-order valence-corrected chi connectivity index (χ1v) is 7.32. The van der Waals surface area contributed by atoms with Crippen molar-refractivity contribution in [3.8, 4) is 0 Å². The van der Waals surface area contributed by atoms with Gasteiger partial charge in [0.25, 0.3) is 5.91 Å². The van der Waals surface area contributed by atoms with E-state index in [4.69, 9.17) is 5.84 Å². The van der Waals surface area contributed by atoms with E-state index in [0.717, 1.165) is 25.7 Å². The lowest BCUT2D eigenvalue weighted by molar-refractivity contribution is 0.0953. The van der Waals surface area contributed by atoms with Gasteiger partial charge in [0.15, 0.2) is 0 Å². The maximum absolute atomic E-state index is 11.5. The molecule has 2 fully saturated rings. The second kappa shape index (κ2) is 5.91. The zero-order chi connectivity index (χ0) is 13.9. The predicted octanol–water partition coefficient (Wildman–Crippen LogP) is 0.570. The van der Waals surface area contributed by atoms with Gasteiger partial charge in [-0.05, 0) is 30.5 Å². The highest BCUT2D eigenvalue weighted by Gasteiger charge is 2.31. The van der Waals surface area contributed by atoms with Gasteiger partial charge in [0.2, 0.25) is 0 Å². The Morgan fingerprint density at radius 2 is 2.00 bits per heavy atom. The summed E-state index contributed by atoms with van der Waals surface area (Å²) in [4.78, 5) is 16.6. The molecular formula is C15H22N4O. The van der Waals surface area contributed by atoms with E-state index in [2.05, 4.69) is 21.3 Å². The molecule has 1 aliphatic heterocycles. The number of nitrogens with zero attached hydrogens (tertiary/aromatic N) is 2. The summed E-state index contributed by atoms with van der Waals surface area (Å²) < 4.78 is 0. The van der Waals surface area contributed by atoms with Crippen molar-refractivity contribution in [2.24, 2.45) is 5.84 Å². The number of amides is 1. The average molecular weight is 274 g/mol. The lowest BCUT2D eigenvalue weighted by Crippen LogP contribution is -2.46. The minimum absolute atomic E-state index is 0.231. The lowest BCUT2D eigenvalue weighted by Gasteiger charge is -2.34. The average Bonchev–Trinajstić information content (AvgIpc) is 3.32. The fourth-order valence-electron chi connectivity index (χ4n) is 2.88. The van der Waals surface area contributed by atoms with Crippen LogP contribution in [0.3, 0.4) is 0 Å². The zero-order valence-corrected chi connectivity index (χ0v) is 11.7. The second-order valence-electron chi connectivity index (χ2n) is 5.72. The van der Waals surface area contributed by atoms with Crippen LogP contribution in [0.4, 0.5) is 0 Å². The summed E-state index contributed by atoms with van der Waals surface area (Å²) in [6.45, 7) is 5.49. The maximum atomic E-state index is 11.5. The molecule has 108 valence electrons. The maximum Gasteiger partial charge on any atom is 0.265 e. The second-order valence-corrected chi connectivity index (χ2v) is 5.72. The third-order valence-electron chi connectivity index (χ3n) is 4.20. The summed E-state index contributed by atoms with van der Waals surface area (Å²) in [6, 6.07) is 8.57. The van der Waals surface area contributed by atoms with E-state index < -0.39 is 0 Å². The normalized spacial score (nSPS) is 20.9. The summed E-state index contributed by atoms with van der Waals surface area (Å²) in [5.74, 6) is 4.94. The van der Waals surface area contributed by atoms with Crippen LogP contribution in [-0.4, -0.2) is 47.9 Å². The van der Waals surface area contributed by atoms with E-state index in [9.17, 15) is 4.79 Å². The molecule has 0 radical (unpaired) electrons. The first-order valence-electron chi connectivity index (χ1n) is 7.32. The molecule has 3 N–H and O–H groups in total. The Morgan fingerprint density at radius 1 is 1.25 bits per heavy atom. The number of hydrazine groups is 1. The van der Waals surface area contributed by atoms with Crippen LogP contribution in [0.2, 0.25) is 0 Å². The number of piperazine rings is 1. The summed E-state index contributed by atoms with van der Waals surface area (Å²) >= 11 is 0. The van der Waals surface area contributed by atoms with Crippen LogP contribution in [0.1, 0.15) is 28.8 Å². The van der Waals surface area contributed by atoms with Crippen LogP contribution in [-0.2, 0) is 6.54 Å². The standard InChI is InChI=1S/C15H22N4O/c16-17-15(20)13-3-1-2-12(10-13)11-18-6-8-19(9-7-18)14-4-5-14/h1-3,10,14H,4-9,11,16H2,(H,17,20). The topological polar surface area (TPSA) is 61.6 Å². The van der Waals surface area contributed by atoms with Crippen molar-refractivity contribution >= 4 is 5.91 Å². The lowest BCUT2D eigenvalue weighted by atomic mass is 10.1. The highest BCUT2D eigenvalue weighted by Crippen LogP contribution is 2.27. The molecule has 1 amide bonds. The van der Waals surface area contributed by atoms with Gasteiger partial charge in [0.05, 0.1) is 0 Å². The number of carbonyl (C=O) groups excluding carboxylic acids is 1. The van der Waals surface area contributed by atoms with Gasteiger partial charge in [0.1, 0.15) is 0 Å². The van der Waals surface area contributed by atoms with Crippen LogP contribution in [0, 0.1) is 0 Å². The van der Waals surface area contributed by atoms with E-state index in [0.29, 0.717) is 5.56 Å². The fraction of sp³-hybridized carbons (Fsp3) is 0.533. The molecule has 1 saturated carbocycles. The van der Waals surface area contributed by atoms with Crippen molar-refractivity contribution in [2.75, 3.05) is 26.2 Å². The molecule has 0 spiro atoms. The number of rotatable bonds is 4. The molecule has 5 heteroatoms. The Kier molecular flexibility index (Phi) is 4.00. The van der Waals surface area contributed by atoms with Gasteiger partial charge in [-0.25, -0.2) is 5.84 Å². The Labute approximate surface area is 119 Å². The Bertz CT molecular complexity index is 479. The molecule has 1 saturated heterocycles. The zero-order valence-electron chi connectivity index (χ0n) is 11.7. The van der Waals surface area contributed by atoms with Gasteiger partial charge in [-0.3, -0.25) is 20.0 Å². The van der Waals surface area contributed by atoms with Gasteiger partial charge in [0, 0.05) is 44.3 Å². The smallest absolute Gasteiger partial charge is 0.265 e. The highest BCUT2D eigenvalue weighted by atomic mass is 16.2. The first kappa shape index (κ1) is 13.5. The number of hydrogen-bond donors (Lipinski definition) is 2. The van der Waals surface area contributed by atoms with Crippen LogP contribution in [0.25, 0.3) is 0 Å². The van der Waals surface area contributed by atoms with Crippen LogP contribution < -0.4 is 11.3 Å². The van der Waals surface area contributed by atoms with Crippen molar-refractivity contribution in [3.63, 3.8) is 0 Å². The molecule has 1 aliphatic carbocycles. The molecule has 0 bridgehead atoms. The number of nitrogens with two attached hydrogens (primary N) is 1. The molecule has 0 aromatic heterocycles. The van der Waals surface area contributed by atoms with Gasteiger partial charge in [-0.15, -0.1) is 0 Å². The highest BCUT2D eigenvalue weighted by molar-refractivity contribution is 5.93. The number of benzene rings is 1. The molecular weight excluding hydrogens is 252 g/mol. The third-order valence-corrected chi connectivity index (χ3v) is 4.20. The molecule has 3 rings (SSSR count). The summed E-state index contributed by atoms with van der Waals surface area (Å²) in [5, 5.41) is 0. The van der Waals surface area contributed by atoms with Gasteiger partial charge >= 0.3 is 0 Å². The fourth-order valence-corrected chi connectivity index (χ4v) is 2.88. The monoisotopic (exact) mass is 274 g/mol. The van der Waals surface area contributed by atoms with E-state index in [1.165, 1.54) is 31.5 Å². The summed E-state index contributed by atoms with van der Waals surface area (Å²) in [7, 11) is 0. The van der Waals surface area contributed by atoms with Crippen molar-refractivity contribution in [1.82, 2.24) is 15.2 Å². The third kappa shape index (κ3) is 3.17. The minimum atomic E-state index is -0.231. The van der Waals surface area contributed by atoms with E-state index in [-0.39, 0.29) is 5.91 Å². The molecule has 1 aromatic rings. The Hall–Kier alpha value is -1.43. The van der Waals surface area contributed by atoms with Crippen LogP contribution >= 0.6 is 0 Å². The molecule has 1 aromatic carbocycles.